The Balaban J connectivity index is 0.000000231. The molecule has 23 heavy (non-hydrogen) atoms. The molecular weight excluding hydrogens is 350 g/mol. The van der Waals surface area contributed by atoms with Crippen molar-refractivity contribution in [1.29, 1.82) is 0 Å². The van der Waals surface area contributed by atoms with E-state index in [0.29, 0.717) is 5.02 Å². The molecule has 0 aromatic heterocycles. The zero-order valence-corrected chi connectivity index (χ0v) is 11.9. The van der Waals surface area contributed by atoms with Crippen LogP contribution >= 0.6 is 11.6 Å². The van der Waals surface area contributed by atoms with Crippen molar-refractivity contribution in [2.24, 2.45) is 0 Å². The molecule has 0 radical (unpaired) electrons. The van der Waals surface area contributed by atoms with E-state index in [9.17, 15) is 26.3 Å². The van der Waals surface area contributed by atoms with Crippen molar-refractivity contribution < 1.29 is 35.8 Å². The zero-order chi connectivity index (χ0) is 17.5. The Bertz CT molecular complexity index is 581. The Labute approximate surface area is 132 Å². The van der Waals surface area contributed by atoms with Crippen LogP contribution in [0.1, 0.15) is 0 Å². The highest BCUT2D eigenvalue weighted by Gasteiger charge is 2.31. The fraction of sp³-hybridized carbons (Fsp3) is 0.143. The Morgan fingerprint density at radius 1 is 0.609 bits per heavy atom. The van der Waals surface area contributed by atoms with Crippen LogP contribution in [-0.4, -0.2) is 12.7 Å². The second-order valence-corrected chi connectivity index (χ2v) is 4.30. The molecule has 0 saturated heterocycles. The molecular formula is C14H9ClF6O2. The summed E-state index contributed by atoms with van der Waals surface area (Å²) in [6.45, 7) is 0. The van der Waals surface area contributed by atoms with E-state index in [1.54, 1.807) is 6.07 Å². The lowest BCUT2D eigenvalue weighted by Crippen LogP contribution is -2.16. The molecule has 0 aliphatic rings. The second kappa shape index (κ2) is 7.96. The summed E-state index contributed by atoms with van der Waals surface area (Å²) in [6, 6.07) is 12.0. The van der Waals surface area contributed by atoms with E-state index in [1.807, 2.05) is 0 Å². The van der Waals surface area contributed by atoms with Crippen molar-refractivity contribution in [3.05, 3.63) is 59.6 Å². The molecule has 0 heterocycles. The quantitative estimate of drug-likeness (QED) is 0.629. The Morgan fingerprint density at radius 3 is 1.39 bits per heavy atom. The molecule has 2 aromatic carbocycles. The molecule has 0 N–H and O–H groups in total. The fourth-order valence-electron chi connectivity index (χ4n) is 1.26. The Kier molecular flexibility index (Phi) is 6.56. The Morgan fingerprint density at radius 2 is 1.00 bits per heavy atom. The van der Waals surface area contributed by atoms with Crippen LogP contribution < -0.4 is 9.47 Å². The van der Waals surface area contributed by atoms with Gasteiger partial charge in [-0.15, -0.1) is 26.3 Å². The molecule has 0 amide bonds. The molecule has 2 nitrogen and oxygen atoms in total. The van der Waals surface area contributed by atoms with Gasteiger partial charge in [0.2, 0.25) is 0 Å². The normalized spacial score (nSPS) is 11.3. The maximum Gasteiger partial charge on any atom is 0.573 e. The minimum atomic E-state index is -4.65. The second-order valence-electron chi connectivity index (χ2n) is 3.86. The van der Waals surface area contributed by atoms with Crippen molar-refractivity contribution in [2.45, 2.75) is 12.7 Å². The molecule has 0 aliphatic heterocycles. The first-order chi connectivity index (χ1) is 10.6. The molecule has 9 heteroatoms. The van der Waals surface area contributed by atoms with Crippen LogP contribution in [0.3, 0.4) is 0 Å². The van der Waals surface area contributed by atoms with Crippen LogP contribution in [0.2, 0.25) is 5.02 Å². The SMILES string of the molecule is FC(F)(F)Oc1ccc(Cl)cc1.FC(F)(F)Oc1ccccc1. The van der Waals surface area contributed by atoms with Crippen LogP contribution in [0.4, 0.5) is 26.3 Å². The van der Waals surface area contributed by atoms with Crippen LogP contribution in [0.5, 0.6) is 11.5 Å². The lowest BCUT2D eigenvalue weighted by atomic mass is 10.3. The summed E-state index contributed by atoms with van der Waals surface area (Å²) in [6.07, 6.45) is -9.24. The average molecular weight is 359 g/mol. The minimum Gasteiger partial charge on any atom is -0.406 e. The molecule has 0 aliphatic carbocycles. The summed E-state index contributed by atoms with van der Waals surface area (Å²) >= 11 is 5.45. The molecule has 0 atom stereocenters. The number of alkyl halides is 6. The van der Waals surface area contributed by atoms with Crippen molar-refractivity contribution in [3.63, 3.8) is 0 Å². The minimum absolute atomic E-state index is 0.194. The van der Waals surface area contributed by atoms with E-state index in [4.69, 9.17) is 11.6 Å². The Hall–Kier alpha value is -2.09. The maximum absolute atomic E-state index is 11.6. The van der Waals surface area contributed by atoms with Gasteiger partial charge >= 0.3 is 12.7 Å². The summed E-state index contributed by atoms with van der Waals surface area (Å²) in [5.74, 6) is -0.466. The summed E-state index contributed by atoms with van der Waals surface area (Å²) in [5.41, 5.74) is 0. The standard InChI is InChI=1S/C7H4ClF3O.C7H5F3O/c8-5-1-3-6(4-2-5)12-7(9,10)11;8-7(9,10)11-6-4-2-1-3-5-6/h1-4H;1-5H. The molecule has 2 rings (SSSR count). The third-order valence-corrected chi connectivity index (χ3v) is 2.28. The predicted octanol–water partition coefficient (Wildman–Crippen LogP) is 5.82. The smallest absolute Gasteiger partial charge is 0.406 e. The number of benzene rings is 2. The number of halogens is 7. The number of rotatable bonds is 2. The third-order valence-electron chi connectivity index (χ3n) is 2.02. The molecule has 0 saturated carbocycles. The van der Waals surface area contributed by atoms with Gasteiger partial charge < -0.3 is 9.47 Å². The first-order valence-electron chi connectivity index (χ1n) is 5.87. The molecule has 0 unspecified atom stereocenters. The van der Waals surface area contributed by atoms with E-state index in [2.05, 4.69) is 9.47 Å². The third kappa shape index (κ3) is 9.51. The van der Waals surface area contributed by atoms with Gasteiger partial charge in [0.1, 0.15) is 11.5 Å². The molecule has 126 valence electrons. The lowest BCUT2D eigenvalue weighted by Gasteiger charge is -2.07. The largest absolute Gasteiger partial charge is 0.573 e. The van der Waals surface area contributed by atoms with E-state index >= 15 is 0 Å². The highest BCUT2D eigenvalue weighted by atomic mass is 35.5. The summed E-state index contributed by atoms with van der Waals surface area (Å²) < 4.78 is 76.5. The van der Waals surface area contributed by atoms with Gasteiger partial charge in [0, 0.05) is 5.02 Å². The zero-order valence-electron chi connectivity index (χ0n) is 11.2. The molecule has 0 fully saturated rings. The molecule has 0 spiro atoms. The van der Waals surface area contributed by atoms with Crippen LogP contribution in [0, 0.1) is 0 Å². The van der Waals surface area contributed by atoms with Gasteiger partial charge in [-0.3, -0.25) is 0 Å². The highest BCUT2D eigenvalue weighted by Crippen LogP contribution is 2.23. The van der Waals surface area contributed by atoms with E-state index in [-0.39, 0.29) is 11.5 Å². The van der Waals surface area contributed by atoms with Gasteiger partial charge in [-0.05, 0) is 36.4 Å². The van der Waals surface area contributed by atoms with Gasteiger partial charge in [-0.25, -0.2) is 0 Å². The average Bonchev–Trinajstić information content (AvgIpc) is 2.40. The number of ether oxygens (including phenoxy) is 2. The van der Waals surface area contributed by atoms with Crippen molar-refractivity contribution in [1.82, 2.24) is 0 Å². The van der Waals surface area contributed by atoms with E-state index < -0.39 is 12.7 Å². The first-order valence-corrected chi connectivity index (χ1v) is 6.25. The lowest BCUT2D eigenvalue weighted by molar-refractivity contribution is -0.275. The van der Waals surface area contributed by atoms with Gasteiger partial charge in [-0.1, -0.05) is 29.8 Å². The summed E-state index contributed by atoms with van der Waals surface area (Å²) in [4.78, 5) is 0. The first kappa shape index (κ1) is 19.0. The van der Waals surface area contributed by atoms with E-state index in [1.165, 1.54) is 36.4 Å². The summed E-state index contributed by atoms with van der Waals surface area (Å²) in [5, 5.41) is 0.365. The number of hydrogen-bond donors (Lipinski definition) is 0. The monoisotopic (exact) mass is 358 g/mol. The van der Waals surface area contributed by atoms with Crippen LogP contribution in [0.25, 0.3) is 0 Å². The van der Waals surface area contributed by atoms with Crippen LogP contribution in [-0.2, 0) is 0 Å². The fourth-order valence-corrected chi connectivity index (χ4v) is 1.38. The maximum atomic E-state index is 11.6. The summed E-state index contributed by atoms with van der Waals surface area (Å²) in [7, 11) is 0. The number of hydrogen-bond acceptors (Lipinski definition) is 2. The van der Waals surface area contributed by atoms with Gasteiger partial charge in [0.05, 0.1) is 0 Å². The predicted molar refractivity (Wildman–Crippen MR) is 71.3 cm³/mol. The number of para-hydroxylation sites is 1. The van der Waals surface area contributed by atoms with Crippen LogP contribution in [0.15, 0.2) is 54.6 Å². The topological polar surface area (TPSA) is 18.5 Å². The highest BCUT2D eigenvalue weighted by molar-refractivity contribution is 6.30. The molecule has 0 bridgehead atoms. The van der Waals surface area contributed by atoms with Gasteiger partial charge in [-0.2, -0.15) is 0 Å². The van der Waals surface area contributed by atoms with Gasteiger partial charge in [0.15, 0.2) is 0 Å². The van der Waals surface area contributed by atoms with Crippen molar-refractivity contribution >= 4 is 11.6 Å². The van der Waals surface area contributed by atoms with Gasteiger partial charge in [0.25, 0.3) is 0 Å². The van der Waals surface area contributed by atoms with E-state index in [0.717, 1.165) is 12.1 Å². The molecule has 2 aromatic rings. The van der Waals surface area contributed by atoms with Crippen molar-refractivity contribution in [2.75, 3.05) is 0 Å². The van der Waals surface area contributed by atoms with Crippen molar-refractivity contribution in [3.8, 4) is 11.5 Å².